The Bertz CT molecular complexity index is 807. The molecule has 0 bridgehead atoms. The molecule has 2 rings (SSSR count). The summed E-state index contributed by atoms with van der Waals surface area (Å²) in [6.07, 6.45) is -6.29. The van der Waals surface area contributed by atoms with Gasteiger partial charge >= 0.3 is 0 Å². The van der Waals surface area contributed by atoms with E-state index in [2.05, 4.69) is 15.3 Å². The van der Waals surface area contributed by atoms with Gasteiger partial charge in [0.05, 0.1) is 5.02 Å². The number of rotatable bonds is 8. The van der Waals surface area contributed by atoms with Crippen molar-refractivity contribution in [3.63, 3.8) is 0 Å². The van der Waals surface area contributed by atoms with E-state index in [1.807, 2.05) is 26.0 Å². The van der Waals surface area contributed by atoms with Crippen LogP contribution < -0.4 is 10.2 Å². The maximum absolute atomic E-state index is 13.3. The van der Waals surface area contributed by atoms with Crippen molar-refractivity contribution in [1.29, 1.82) is 0 Å². The molecule has 1 heterocycles. The molecule has 1 unspecified atom stereocenters. The summed E-state index contributed by atoms with van der Waals surface area (Å²) >= 11 is 5.62. The maximum atomic E-state index is 13.3. The van der Waals surface area contributed by atoms with Crippen molar-refractivity contribution in [2.24, 2.45) is 0 Å². The van der Waals surface area contributed by atoms with E-state index in [4.69, 9.17) is 11.6 Å². The molecule has 2 aromatic rings. The lowest BCUT2D eigenvalue weighted by Crippen LogP contribution is -2.26. The zero-order valence-corrected chi connectivity index (χ0v) is 16.4. The SMILES string of the molecule is CCN(CC)c1ccc(NC(=O)C(C)n2nc(C(F)F)c(Cl)c2C(F)F)cc1. The van der Waals surface area contributed by atoms with Crippen LogP contribution in [-0.2, 0) is 4.79 Å². The van der Waals surface area contributed by atoms with Gasteiger partial charge in [-0.1, -0.05) is 11.6 Å². The molecule has 28 heavy (non-hydrogen) atoms. The Kier molecular flexibility index (Phi) is 7.29. The monoisotopic (exact) mass is 420 g/mol. The standard InChI is InChI=1S/C18H21ClF4N4O/c1-4-26(5-2)12-8-6-11(7-9-12)24-18(28)10(3)27-15(17(22)23)13(19)14(25-27)16(20)21/h6-10,16-17H,4-5H2,1-3H3,(H,24,28). The Morgan fingerprint density at radius 1 is 1.14 bits per heavy atom. The van der Waals surface area contributed by atoms with Crippen LogP contribution in [0.1, 0.15) is 51.1 Å². The van der Waals surface area contributed by atoms with E-state index in [0.717, 1.165) is 18.8 Å². The molecule has 1 aromatic heterocycles. The minimum atomic E-state index is -3.16. The number of hydrogen-bond donors (Lipinski definition) is 1. The average Bonchev–Trinajstić information content (AvgIpc) is 3.01. The Hall–Kier alpha value is -2.29. The second-order valence-corrected chi connectivity index (χ2v) is 6.39. The molecule has 1 aromatic carbocycles. The van der Waals surface area contributed by atoms with Gasteiger partial charge in [0.25, 0.3) is 12.9 Å². The second-order valence-electron chi connectivity index (χ2n) is 6.01. The molecule has 0 saturated carbocycles. The van der Waals surface area contributed by atoms with E-state index in [9.17, 15) is 22.4 Å². The Labute approximate surface area is 165 Å². The third-order valence-electron chi connectivity index (χ3n) is 4.34. The van der Waals surface area contributed by atoms with Crippen molar-refractivity contribution < 1.29 is 22.4 Å². The number of aromatic nitrogens is 2. The molecule has 0 aliphatic carbocycles. The summed E-state index contributed by atoms with van der Waals surface area (Å²) in [5.41, 5.74) is -0.466. The molecule has 154 valence electrons. The van der Waals surface area contributed by atoms with Crippen LogP contribution in [0.25, 0.3) is 0 Å². The highest BCUT2D eigenvalue weighted by Gasteiger charge is 2.31. The highest BCUT2D eigenvalue weighted by Crippen LogP contribution is 2.36. The molecule has 1 amide bonds. The lowest BCUT2D eigenvalue weighted by molar-refractivity contribution is -0.119. The van der Waals surface area contributed by atoms with E-state index < -0.39 is 41.2 Å². The largest absolute Gasteiger partial charge is 0.372 e. The maximum Gasteiger partial charge on any atom is 0.283 e. The average molecular weight is 421 g/mol. The number of alkyl halides is 4. The number of nitrogens with one attached hydrogen (secondary N) is 1. The quantitative estimate of drug-likeness (QED) is 0.577. The van der Waals surface area contributed by atoms with Crippen molar-refractivity contribution in [2.45, 2.75) is 39.7 Å². The van der Waals surface area contributed by atoms with Crippen molar-refractivity contribution in [2.75, 3.05) is 23.3 Å². The summed E-state index contributed by atoms with van der Waals surface area (Å²) in [4.78, 5) is 14.6. The molecule has 0 saturated heterocycles. The van der Waals surface area contributed by atoms with E-state index in [1.54, 1.807) is 12.1 Å². The summed E-state index contributed by atoms with van der Waals surface area (Å²) in [5, 5.41) is 5.19. The highest BCUT2D eigenvalue weighted by atomic mass is 35.5. The van der Waals surface area contributed by atoms with Crippen LogP contribution in [0.4, 0.5) is 28.9 Å². The number of carbonyl (C=O) groups is 1. The lowest BCUT2D eigenvalue weighted by atomic mass is 10.2. The van der Waals surface area contributed by atoms with Gasteiger partial charge in [0, 0.05) is 24.5 Å². The van der Waals surface area contributed by atoms with E-state index in [1.165, 1.54) is 6.92 Å². The first-order chi connectivity index (χ1) is 13.2. The number of hydrogen-bond acceptors (Lipinski definition) is 3. The number of carbonyl (C=O) groups excluding carboxylic acids is 1. The Morgan fingerprint density at radius 3 is 2.18 bits per heavy atom. The Balaban J connectivity index is 2.22. The summed E-state index contributed by atoms with van der Waals surface area (Å²) in [7, 11) is 0. The third-order valence-corrected chi connectivity index (χ3v) is 4.72. The molecule has 0 aliphatic heterocycles. The molecule has 1 N–H and O–H groups in total. The normalized spacial score (nSPS) is 12.5. The van der Waals surface area contributed by atoms with E-state index >= 15 is 0 Å². The van der Waals surface area contributed by atoms with Gasteiger partial charge in [-0.25, -0.2) is 22.2 Å². The second kappa shape index (κ2) is 9.27. The van der Waals surface area contributed by atoms with Crippen LogP contribution in [0.5, 0.6) is 0 Å². The smallest absolute Gasteiger partial charge is 0.283 e. The first kappa shape index (κ1) is 22.0. The first-order valence-corrected chi connectivity index (χ1v) is 9.08. The third kappa shape index (κ3) is 4.57. The fourth-order valence-corrected chi connectivity index (χ4v) is 3.07. The Morgan fingerprint density at radius 2 is 1.71 bits per heavy atom. The van der Waals surface area contributed by atoms with Crippen LogP contribution in [0.3, 0.4) is 0 Å². The fraction of sp³-hybridized carbons (Fsp3) is 0.444. The summed E-state index contributed by atoms with van der Waals surface area (Å²) in [6, 6.07) is 5.71. The van der Waals surface area contributed by atoms with Gasteiger partial charge in [0.2, 0.25) is 5.91 Å². The summed E-state index contributed by atoms with van der Waals surface area (Å²) in [5.74, 6) is -0.683. The lowest BCUT2D eigenvalue weighted by Gasteiger charge is -2.21. The van der Waals surface area contributed by atoms with Gasteiger partial charge in [0.15, 0.2) is 0 Å². The topological polar surface area (TPSA) is 50.2 Å². The number of halogens is 5. The van der Waals surface area contributed by atoms with E-state index in [-0.39, 0.29) is 0 Å². The molecular formula is C18H21ClF4N4O. The molecule has 0 spiro atoms. The zero-order valence-electron chi connectivity index (χ0n) is 15.6. The molecule has 10 heteroatoms. The van der Waals surface area contributed by atoms with Gasteiger partial charge in [-0.05, 0) is 45.0 Å². The predicted octanol–water partition coefficient (Wildman–Crippen LogP) is 5.46. The molecule has 5 nitrogen and oxygen atoms in total. The van der Waals surface area contributed by atoms with Crippen LogP contribution in [0.15, 0.2) is 24.3 Å². The highest BCUT2D eigenvalue weighted by molar-refractivity contribution is 6.32. The van der Waals surface area contributed by atoms with Crippen LogP contribution in [0.2, 0.25) is 5.02 Å². The molecule has 0 fully saturated rings. The van der Waals surface area contributed by atoms with Crippen LogP contribution in [-0.4, -0.2) is 28.8 Å². The molecule has 0 radical (unpaired) electrons. The van der Waals surface area contributed by atoms with Crippen LogP contribution in [0, 0.1) is 0 Å². The fourth-order valence-electron chi connectivity index (χ4n) is 2.78. The number of nitrogens with zero attached hydrogens (tertiary/aromatic N) is 3. The van der Waals surface area contributed by atoms with Crippen molar-refractivity contribution in [3.05, 3.63) is 40.7 Å². The minimum absolute atomic E-state index is 0.443. The number of benzene rings is 1. The van der Waals surface area contributed by atoms with Crippen molar-refractivity contribution in [1.82, 2.24) is 9.78 Å². The van der Waals surface area contributed by atoms with E-state index in [0.29, 0.717) is 10.4 Å². The summed E-state index contributed by atoms with van der Waals surface area (Å²) < 4.78 is 53.0. The van der Waals surface area contributed by atoms with Gasteiger partial charge < -0.3 is 10.2 Å². The number of amides is 1. The number of anilines is 2. The van der Waals surface area contributed by atoms with Crippen molar-refractivity contribution >= 4 is 28.9 Å². The molecule has 0 aliphatic rings. The molecular weight excluding hydrogens is 400 g/mol. The van der Waals surface area contributed by atoms with Crippen LogP contribution >= 0.6 is 11.6 Å². The van der Waals surface area contributed by atoms with Gasteiger partial charge in [0.1, 0.15) is 17.4 Å². The predicted molar refractivity (Wildman–Crippen MR) is 100 cm³/mol. The minimum Gasteiger partial charge on any atom is -0.372 e. The first-order valence-electron chi connectivity index (χ1n) is 8.71. The molecule has 1 atom stereocenters. The van der Waals surface area contributed by atoms with Crippen molar-refractivity contribution in [3.8, 4) is 0 Å². The summed E-state index contributed by atoms with van der Waals surface area (Å²) in [6.45, 7) is 6.96. The zero-order chi connectivity index (χ0) is 21.0. The van der Waals surface area contributed by atoms with Gasteiger partial charge in [-0.3, -0.25) is 4.79 Å². The van der Waals surface area contributed by atoms with Gasteiger partial charge in [-0.2, -0.15) is 5.10 Å². The van der Waals surface area contributed by atoms with Gasteiger partial charge in [-0.15, -0.1) is 0 Å².